The number of Topliss-reactive ketones (excluding diaryl/α,β-unsaturated/α-hetero) is 1. The Bertz CT molecular complexity index is 302. The molecule has 1 heterocycles. The minimum atomic E-state index is 0.183. The van der Waals surface area contributed by atoms with Crippen LogP contribution in [0.15, 0.2) is 0 Å². The van der Waals surface area contributed by atoms with Crippen LogP contribution < -0.4 is 0 Å². The van der Waals surface area contributed by atoms with Crippen LogP contribution in [0.3, 0.4) is 0 Å². The van der Waals surface area contributed by atoms with E-state index in [1.165, 1.54) is 57.1 Å². The van der Waals surface area contributed by atoms with Crippen molar-refractivity contribution in [3.05, 3.63) is 0 Å². The molecule has 3 aliphatic carbocycles. The maximum absolute atomic E-state index is 12.7. The van der Waals surface area contributed by atoms with Gasteiger partial charge < -0.3 is 0 Å². The zero-order chi connectivity index (χ0) is 10.1. The average molecular weight is 222 g/mol. The van der Waals surface area contributed by atoms with Crippen molar-refractivity contribution in [3.63, 3.8) is 0 Å². The smallest absolute Gasteiger partial charge is 0.148 e. The summed E-state index contributed by atoms with van der Waals surface area (Å²) in [5, 5.41) is 0. The first kappa shape index (κ1) is 9.09. The van der Waals surface area contributed by atoms with E-state index in [4.69, 9.17) is 0 Å². The lowest BCUT2D eigenvalue weighted by Crippen LogP contribution is -2.69. The summed E-state index contributed by atoms with van der Waals surface area (Å²) in [6.07, 6.45) is 10.1. The summed E-state index contributed by atoms with van der Waals surface area (Å²) in [6.45, 7) is 0. The SMILES string of the molecule is O=C1C2(CCCC2)C2(CS2)C12CCCC2. The zero-order valence-corrected chi connectivity index (χ0v) is 10.00. The fraction of sp³-hybridized carbons (Fsp3) is 0.923. The molecule has 0 aromatic heterocycles. The second-order valence-electron chi connectivity index (χ2n) is 6.02. The van der Waals surface area contributed by atoms with Gasteiger partial charge in [0.2, 0.25) is 0 Å². The molecule has 0 aromatic carbocycles. The maximum Gasteiger partial charge on any atom is 0.148 e. The number of hydrogen-bond donors (Lipinski definition) is 0. The lowest BCUT2D eigenvalue weighted by Gasteiger charge is -2.59. The molecule has 1 aliphatic heterocycles. The maximum atomic E-state index is 12.7. The molecular formula is C13H18OS. The van der Waals surface area contributed by atoms with Crippen LogP contribution in [0, 0.1) is 10.8 Å². The van der Waals surface area contributed by atoms with E-state index < -0.39 is 0 Å². The topological polar surface area (TPSA) is 17.1 Å². The zero-order valence-electron chi connectivity index (χ0n) is 9.18. The summed E-state index contributed by atoms with van der Waals surface area (Å²) in [5.41, 5.74) is 0.365. The van der Waals surface area contributed by atoms with Crippen molar-refractivity contribution in [3.8, 4) is 0 Å². The summed E-state index contributed by atoms with van der Waals surface area (Å²) in [5.74, 6) is 2.01. The Kier molecular flexibility index (Phi) is 1.50. The van der Waals surface area contributed by atoms with E-state index in [0.29, 0.717) is 10.5 Å². The van der Waals surface area contributed by atoms with Crippen LogP contribution in [0.5, 0.6) is 0 Å². The van der Waals surface area contributed by atoms with E-state index in [-0.39, 0.29) is 10.8 Å². The molecule has 3 spiro atoms. The molecule has 0 radical (unpaired) electrons. The van der Waals surface area contributed by atoms with E-state index in [0.717, 1.165) is 0 Å². The molecular weight excluding hydrogens is 204 g/mol. The Hall–Kier alpha value is 0.0200. The lowest BCUT2D eigenvalue weighted by molar-refractivity contribution is -0.162. The first-order valence-corrected chi connectivity index (χ1v) is 7.45. The molecule has 0 amide bonds. The molecule has 2 heteroatoms. The molecule has 4 fully saturated rings. The highest BCUT2D eigenvalue weighted by Crippen LogP contribution is 2.82. The van der Waals surface area contributed by atoms with E-state index in [1.54, 1.807) is 0 Å². The Morgan fingerprint density at radius 2 is 1.27 bits per heavy atom. The van der Waals surface area contributed by atoms with Gasteiger partial charge in [0.15, 0.2) is 0 Å². The number of ketones is 1. The molecule has 0 unspecified atom stereocenters. The van der Waals surface area contributed by atoms with Gasteiger partial charge in [0.05, 0.1) is 4.75 Å². The molecule has 1 saturated heterocycles. The molecule has 0 atom stereocenters. The number of rotatable bonds is 0. The third-order valence-electron chi connectivity index (χ3n) is 5.76. The second kappa shape index (κ2) is 2.47. The van der Waals surface area contributed by atoms with Crippen LogP contribution in [0.25, 0.3) is 0 Å². The minimum absolute atomic E-state index is 0.183. The van der Waals surface area contributed by atoms with Crippen LogP contribution >= 0.6 is 11.8 Å². The monoisotopic (exact) mass is 222 g/mol. The average Bonchev–Trinajstić information content (AvgIpc) is 2.80. The van der Waals surface area contributed by atoms with Crippen LogP contribution in [-0.4, -0.2) is 16.3 Å². The number of fused-ring (bicyclic) bond motifs is 2. The fourth-order valence-electron chi connectivity index (χ4n) is 5.06. The third-order valence-corrected chi connectivity index (χ3v) is 7.41. The van der Waals surface area contributed by atoms with Gasteiger partial charge in [0, 0.05) is 16.6 Å². The quantitative estimate of drug-likeness (QED) is 0.586. The second-order valence-corrected chi connectivity index (χ2v) is 7.30. The number of thioether (sulfide) groups is 1. The van der Waals surface area contributed by atoms with Gasteiger partial charge in [-0.2, -0.15) is 11.8 Å². The Balaban J connectivity index is 1.79. The third kappa shape index (κ3) is 0.721. The fourth-order valence-corrected chi connectivity index (χ4v) is 6.91. The highest BCUT2D eigenvalue weighted by molar-refractivity contribution is 8.08. The Morgan fingerprint density at radius 1 is 0.867 bits per heavy atom. The van der Waals surface area contributed by atoms with Crippen molar-refractivity contribution in [2.45, 2.75) is 56.1 Å². The van der Waals surface area contributed by atoms with Crippen LogP contribution in [0.1, 0.15) is 51.4 Å². The Labute approximate surface area is 95.4 Å². The highest BCUT2D eigenvalue weighted by Gasteiger charge is 2.85. The summed E-state index contributed by atoms with van der Waals surface area (Å²) >= 11 is 2.13. The lowest BCUT2D eigenvalue weighted by atomic mass is 9.43. The number of hydrogen-bond acceptors (Lipinski definition) is 2. The van der Waals surface area contributed by atoms with Gasteiger partial charge in [-0.25, -0.2) is 0 Å². The molecule has 15 heavy (non-hydrogen) atoms. The molecule has 82 valence electrons. The van der Waals surface area contributed by atoms with E-state index in [9.17, 15) is 4.79 Å². The van der Waals surface area contributed by atoms with Gasteiger partial charge in [-0.15, -0.1) is 0 Å². The molecule has 4 aliphatic rings. The largest absolute Gasteiger partial charge is 0.298 e. The van der Waals surface area contributed by atoms with Gasteiger partial charge in [-0.05, 0) is 25.7 Å². The van der Waals surface area contributed by atoms with E-state index in [2.05, 4.69) is 11.8 Å². The van der Waals surface area contributed by atoms with Gasteiger partial charge in [-0.3, -0.25) is 4.79 Å². The molecule has 0 N–H and O–H groups in total. The molecule has 1 nitrogen and oxygen atoms in total. The predicted octanol–water partition coefficient (Wildman–Crippen LogP) is 3.18. The van der Waals surface area contributed by atoms with E-state index >= 15 is 0 Å². The van der Waals surface area contributed by atoms with Gasteiger partial charge in [-0.1, -0.05) is 25.7 Å². The summed E-state index contributed by atoms with van der Waals surface area (Å²) in [7, 11) is 0. The number of carbonyl (C=O) groups excluding carboxylic acids is 1. The van der Waals surface area contributed by atoms with Crippen LogP contribution in [0.2, 0.25) is 0 Å². The highest BCUT2D eigenvalue weighted by atomic mass is 32.2. The van der Waals surface area contributed by atoms with Crippen molar-refractivity contribution in [2.75, 3.05) is 5.75 Å². The van der Waals surface area contributed by atoms with Crippen LogP contribution in [-0.2, 0) is 4.79 Å². The van der Waals surface area contributed by atoms with Crippen molar-refractivity contribution in [1.82, 2.24) is 0 Å². The minimum Gasteiger partial charge on any atom is -0.298 e. The van der Waals surface area contributed by atoms with Gasteiger partial charge in [0.25, 0.3) is 0 Å². The number of carbonyl (C=O) groups is 1. The van der Waals surface area contributed by atoms with Crippen molar-refractivity contribution in [1.29, 1.82) is 0 Å². The first-order chi connectivity index (χ1) is 7.28. The standard InChI is InChI=1S/C13H18OS/c14-10-11(5-1-2-6-11)13(9-15-13)12(10)7-3-4-8-12/h1-9H2. The summed E-state index contributed by atoms with van der Waals surface area (Å²) in [6, 6.07) is 0. The normalized spacial score (nSPS) is 37.7. The predicted molar refractivity (Wildman–Crippen MR) is 62.0 cm³/mol. The molecule has 3 saturated carbocycles. The van der Waals surface area contributed by atoms with Crippen molar-refractivity contribution in [2.24, 2.45) is 10.8 Å². The molecule has 0 aromatic rings. The van der Waals surface area contributed by atoms with Crippen LogP contribution in [0.4, 0.5) is 0 Å². The van der Waals surface area contributed by atoms with Gasteiger partial charge in [0.1, 0.15) is 5.78 Å². The van der Waals surface area contributed by atoms with Crippen molar-refractivity contribution < 1.29 is 4.79 Å². The Morgan fingerprint density at radius 3 is 1.60 bits per heavy atom. The van der Waals surface area contributed by atoms with Crippen molar-refractivity contribution >= 4 is 17.5 Å². The molecule has 4 rings (SSSR count). The molecule has 0 bridgehead atoms. The summed E-state index contributed by atoms with van der Waals surface area (Å²) in [4.78, 5) is 12.7. The van der Waals surface area contributed by atoms with Gasteiger partial charge >= 0.3 is 0 Å². The first-order valence-electron chi connectivity index (χ1n) is 6.46. The summed E-state index contributed by atoms with van der Waals surface area (Å²) < 4.78 is 0.462. The van der Waals surface area contributed by atoms with E-state index in [1.807, 2.05) is 0 Å².